The molecule has 0 spiro atoms. The Kier molecular flexibility index (Phi) is 8.12. The molecule has 0 aliphatic rings. The van der Waals surface area contributed by atoms with Crippen LogP contribution in [0.4, 0.5) is 0 Å². The third-order valence-electron chi connectivity index (χ3n) is 1.80. The van der Waals surface area contributed by atoms with Crippen molar-refractivity contribution >= 4 is 5.97 Å². The number of nitrogens with zero attached hydrogens (tertiary/aromatic N) is 1. The van der Waals surface area contributed by atoms with E-state index < -0.39 is 5.60 Å². The molecule has 0 aliphatic heterocycles. The summed E-state index contributed by atoms with van der Waals surface area (Å²) in [6.45, 7) is 8.69. The van der Waals surface area contributed by atoms with Crippen LogP contribution in [0.3, 0.4) is 0 Å². The summed E-state index contributed by atoms with van der Waals surface area (Å²) >= 11 is 0. The summed E-state index contributed by atoms with van der Waals surface area (Å²) in [6.07, 6.45) is 0. The molecule has 0 amide bonds. The van der Waals surface area contributed by atoms with E-state index in [0.29, 0.717) is 19.8 Å². The molecule has 1 N–H and O–H groups in total. The van der Waals surface area contributed by atoms with Crippen LogP contribution in [0.5, 0.6) is 0 Å². The van der Waals surface area contributed by atoms with Gasteiger partial charge >= 0.3 is 5.97 Å². The van der Waals surface area contributed by atoms with Crippen molar-refractivity contribution in [1.29, 1.82) is 0 Å². The molecule has 102 valence electrons. The lowest BCUT2D eigenvalue weighted by Crippen LogP contribution is -2.33. The molecule has 0 aromatic carbocycles. The maximum Gasteiger partial charge on any atom is 0.320 e. The lowest BCUT2D eigenvalue weighted by molar-refractivity contribution is -0.153. The second-order valence-corrected chi connectivity index (χ2v) is 5.18. The normalized spacial score (nSPS) is 11.9. The average Bonchev–Trinajstić information content (AvgIpc) is 2.12. The zero-order chi connectivity index (χ0) is 13.3. The van der Waals surface area contributed by atoms with Crippen molar-refractivity contribution in [3.8, 4) is 0 Å². The fraction of sp³-hybridized carbons (Fsp3) is 0.917. The first-order chi connectivity index (χ1) is 7.81. The topological polar surface area (TPSA) is 50.8 Å². The highest BCUT2D eigenvalue weighted by Gasteiger charge is 2.15. The molecule has 0 unspecified atom stereocenters. The molecular formula is C12H26N2O3. The fourth-order valence-corrected chi connectivity index (χ4v) is 1.06. The number of carbonyl (C=O) groups excluding carboxylic acids is 1. The molecule has 5 nitrogen and oxygen atoms in total. The van der Waals surface area contributed by atoms with Crippen LogP contribution in [0.1, 0.15) is 20.8 Å². The SMILES string of the molecule is CN(C)CCOCCNCC(=O)OC(C)(C)C. The van der Waals surface area contributed by atoms with Gasteiger partial charge in [0.2, 0.25) is 0 Å². The zero-order valence-electron chi connectivity index (χ0n) is 11.7. The van der Waals surface area contributed by atoms with E-state index in [1.165, 1.54) is 0 Å². The van der Waals surface area contributed by atoms with Gasteiger partial charge in [-0.1, -0.05) is 0 Å². The minimum atomic E-state index is -0.416. The van der Waals surface area contributed by atoms with Crippen molar-refractivity contribution < 1.29 is 14.3 Å². The smallest absolute Gasteiger partial charge is 0.320 e. The van der Waals surface area contributed by atoms with E-state index in [0.717, 1.165) is 6.54 Å². The van der Waals surface area contributed by atoms with Crippen LogP contribution < -0.4 is 5.32 Å². The maximum atomic E-state index is 11.3. The van der Waals surface area contributed by atoms with Crippen LogP contribution in [0.25, 0.3) is 0 Å². The molecule has 0 aliphatic carbocycles. The maximum absolute atomic E-state index is 11.3. The predicted octanol–water partition coefficient (Wildman–Crippen LogP) is 0.496. The van der Waals surface area contributed by atoms with Gasteiger partial charge in [0.25, 0.3) is 0 Å². The summed E-state index contributed by atoms with van der Waals surface area (Å²) < 4.78 is 10.5. The van der Waals surface area contributed by atoms with E-state index in [1.54, 1.807) is 0 Å². The number of nitrogens with one attached hydrogen (secondary N) is 1. The van der Waals surface area contributed by atoms with Crippen LogP contribution in [0.15, 0.2) is 0 Å². The van der Waals surface area contributed by atoms with Gasteiger partial charge in [-0.3, -0.25) is 4.79 Å². The van der Waals surface area contributed by atoms with Crippen molar-refractivity contribution in [2.24, 2.45) is 0 Å². The summed E-state index contributed by atoms with van der Waals surface area (Å²) in [7, 11) is 4.01. The van der Waals surface area contributed by atoms with Gasteiger partial charge < -0.3 is 19.7 Å². The first-order valence-electron chi connectivity index (χ1n) is 5.96. The first kappa shape index (κ1) is 16.4. The molecule has 5 heteroatoms. The third-order valence-corrected chi connectivity index (χ3v) is 1.80. The Hall–Kier alpha value is -0.650. The third kappa shape index (κ3) is 13.3. The minimum absolute atomic E-state index is 0.230. The Morgan fingerprint density at radius 3 is 2.41 bits per heavy atom. The molecule has 17 heavy (non-hydrogen) atoms. The summed E-state index contributed by atoms with van der Waals surface area (Å²) in [6, 6.07) is 0. The van der Waals surface area contributed by atoms with Crippen molar-refractivity contribution in [1.82, 2.24) is 10.2 Å². The number of carbonyl (C=O) groups is 1. The van der Waals surface area contributed by atoms with E-state index >= 15 is 0 Å². The van der Waals surface area contributed by atoms with Gasteiger partial charge in [-0.05, 0) is 34.9 Å². The van der Waals surface area contributed by atoms with Crippen molar-refractivity contribution in [2.45, 2.75) is 26.4 Å². The molecule has 0 atom stereocenters. The molecule has 0 heterocycles. The molecule has 0 aromatic rings. The van der Waals surface area contributed by atoms with Crippen LogP contribution >= 0.6 is 0 Å². The molecule has 0 bridgehead atoms. The lowest BCUT2D eigenvalue weighted by atomic mass is 10.2. The highest BCUT2D eigenvalue weighted by Crippen LogP contribution is 2.05. The summed E-state index contributed by atoms with van der Waals surface area (Å²) in [4.78, 5) is 13.4. The second kappa shape index (κ2) is 8.44. The number of likely N-dealkylation sites (N-methyl/N-ethyl adjacent to an activating group) is 1. The van der Waals surface area contributed by atoms with Crippen molar-refractivity contribution in [3.63, 3.8) is 0 Å². The van der Waals surface area contributed by atoms with Gasteiger partial charge in [0.05, 0.1) is 19.8 Å². The van der Waals surface area contributed by atoms with E-state index in [1.807, 2.05) is 34.9 Å². The summed E-state index contributed by atoms with van der Waals surface area (Å²) in [5.41, 5.74) is -0.416. The number of hydrogen-bond donors (Lipinski definition) is 1. The molecule has 0 saturated heterocycles. The van der Waals surface area contributed by atoms with Gasteiger partial charge in [0, 0.05) is 13.1 Å². The van der Waals surface area contributed by atoms with Gasteiger partial charge in [0.1, 0.15) is 5.60 Å². The lowest BCUT2D eigenvalue weighted by Gasteiger charge is -2.19. The molecule has 0 radical (unpaired) electrons. The van der Waals surface area contributed by atoms with Crippen LogP contribution in [-0.4, -0.2) is 63.4 Å². The quantitative estimate of drug-likeness (QED) is 0.499. The summed E-state index contributed by atoms with van der Waals surface area (Å²) in [5.74, 6) is -0.231. The van der Waals surface area contributed by atoms with Gasteiger partial charge in [-0.15, -0.1) is 0 Å². The predicted molar refractivity (Wildman–Crippen MR) is 68.1 cm³/mol. The second-order valence-electron chi connectivity index (χ2n) is 5.18. The summed E-state index contributed by atoms with van der Waals surface area (Å²) in [5, 5.41) is 2.98. The molecule has 0 fully saturated rings. The Bertz CT molecular complexity index is 212. The van der Waals surface area contributed by atoms with E-state index in [2.05, 4.69) is 10.2 Å². The Balaban J connectivity index is 3.31. The first-order valence-corrected chi connectivity index (χ1v) is 5.96. The largest absolute Gasteiger partial charge is 0.459 e. The van der Waals surface area contributed by atoms with Gasteiger partial charge in [-0.25, -0.2) is 0 Å². The monoisotopic (exact) mass is 246 g/mol. The van der Waals surface area contributed by atoms with Crippen molar-refractivity contribution in [3.05, 3.63) is 0 Å². The van der Waals surface area contributed by atoms with Crippen LogP contribution in [0.2, 0.25) is 0 Å². The number of hydrogen-bond acceptors (Lipinski definition) is 5. The van der Waals surface area contributed by atoms with Gasteiger partial charge in [0.15, 0.2) is 0 Å². The number of ether oxygens (including phenoxy) is 2. The highest BCUT2D eigenvalue weighted by atomic mass is 16.6. The van der Waals surface area contributed by atoms with E-state index in [-0.39, 0.29) is 12.5 Å². The van der Waals surface area contributed by atoms with E-state index in [4.69, 9.17) is 9.47 Å². The van der Waals surface area contributed by atoms with Crippen molar-refractivity contribution in [2.75, 3.05) is 46.9 Å². The Labute approximate surface area is 104 Å². The number of rotatable bonds is 8. The molecule has 0 rings (SSSR count). The van der Waals surface area contributed by atoms with Crippen LogP contribution in [0, 0.1) is 0 Å². The fourth-order valence-electron chi connectivity index (χ4n) is 1.06. The average molecular weight is 246 g/mol. The highest BCUT2D eigenvalue weighted by molar-refractivity contribution is 5.72. The van der Waals surface area contributed by atoms with E-state index in [9.17, 15) is 4.79 Å². The molecule has 0 saturated carbocycles. The van der Waals surface area contributed by atoms with Crippen LogP contribution in [-0.2, 0) is 14.3 Å². The molecular weight excluding hydrogens is 220 g/mol. The standard InChI is InChI=1S/C12H26N2O3/c1-12(2,3)17-11(15)10-13-6-8-16-9-7-14(4)5/h13H,6-10H2,1-5H3. The number of esters is 1. The Morgan fingerprint density at radius 2 is 1.88 bits per heavy atom. The van der Waals surface area contributed by atoms with Gasteiger partial charge in [-0.2, -0.15) is 0 Å². The minimum Gasteiger partial charge on any atom is -0.459 e. The molecule has 0 aromatic heterocycles. The Morgan fingerprint density at radius 1 is 1.24 bits per heavy atom. The zero-order valence-corrected chi connectivity index (χ0v) is 11.7.